The second-order valence-corrected chi connectivity index (χ2v) is 10.1. The first-order valence-corrected chi connectivity index (χ1v) is 10.3. The van der Waals surface area contributed by atoms with Gasteiger partial charge in [-0.25, -0.2) is 9.97 Å². The van der Waals surface area contributed by atoms with Gasteiger partial charge in [-0.1, -0.05) is 52.8 Å². The van der Waals surface area contributed by atoms with E-state index in [1.54, 1.807) is 12.4 Å². The molecule has 1 aliphatic heterocycles. The third-order valence-electron chi connectivity index (χ3n) is 5.69. The highest BCUT2D eigenvalue weighted by Gasteiger charge is 2.29. The van der Waals surface area contributed by atoms with Crippen LogP contribution in [0.4, 0.5) is 0 Å². The van der Waals surface area contributed by atoms with Crippen LogP contribution in [0.25, 0.3) is 22.4 Å². The van der Waals surface area contributed by atoms with Crippen LogP contribution in [0.5, 0.6) is 0 Å². The first kappa shape index (κ1) is 19.8. The number of Topliss-reactive ketones (excluding diaryl/α,β-unsaturated/α-hetero) is 1. The van der Waals surface area contributed by atoms with Gasteiger partial charge in [-0.05, 0) is 30.0 Å². The standard InChI is InChI=1S/C24H30N4O/c1-23(2,3)21(29)18-12-25-22-20(18)27-19(13-26-22)17-8-6-7-16(11-17)14-28-10-9-24(4,5)15-28/h6-8,11-13H,9-10,14-15H2,1-5H3,(H,25,26). The van der Waals surface area contributed by atoms with Crippen LogP contribution in [0.15, 0.2) is 36.7 Å². The normalized spacial score (nSPS) is 17.1. The lowest BCUT2D eigenvalue weighted by Gasteiger charge is -2.20. The highest BCUT2D eigenvalue weighted by Crippen LogP contribution is 2.31. The average molecular weight is 391 g/mol. The summed E-state index contributed by atoms with van der Waals surface area (Å²) in [7, 11) is 0. The number of carbonyl (C=O) groups is 1. The Bertz CT molecular complexity index is 1060. The summed E-state index contributed by atoms with van der Waals surface area (Å²) in [6.45, 7) is 13.7. The lowest BCUT2D eigenvalue weighted by atomic mass is 9.87. The van der Waals surface area contributed by atoms with E-state index in [0.717, 1.165) is 30.9 Å². The molecular weight excluding hydrogens is 360 g/mol. The Morgan fingerprint density at radius 1 is 1.28 bits per heavy atom. The summed E-state index contributed by atoms with van der Waals surface area (Å²) >= 11 is 0. The maximum absolute atomic E-state index is 12.8. The minimum absolute atomic E-state index is 0.0700. The zero-order chi connectivity index (χ0) is 20.8. The fourth-order valence-corrected chi connectivity index (χ4v) is 4.05. The molecule has 1 fully saturated rings. The Morgan fingerprint density at radius 3 is 2.76 bits per heavy atom. The van der Waals surface area contributed by atoms with Gasteiger partial charge in [0.25, 0.3) is 0 Å². The number of aromatic amines is 1. The fraction of sp³-hybridized carbons (Fsp3) is 0.458. The molecule has 152 valence electrons. The summed E-state index contributed by atoms with van der Waals surface area (Å²) in [4.78, 5) is 27.7. The summed E-state index contributed by atoms with van der Waals surface area (Å²) in [5.41, 5.74) is 4.95. The fourth-order valence-electron chi connectivity index (χ4n) is 4.05. The molecule has 1 saturated heterocycles. The smallest absolute Gasteiger partial charge is 0.171 e. The molecule has 0 aliphatic carbocycles. The second-order valence-electron chi connectivity index (χ2n) is 10.1. The van der Waals surface area contributed by atoms with Gasteiger partial charge in [0.2, 0.25) is 0 Å². The van der Waals surface area contributed by atoms with Crippen molar-refractivity contribution >= 4 is 16.9 Å². The number of nitrogens with zero attached hydrogens (tertiary/aromatic N) is 3. The van der Waals surface area contributed by atoms with Gasteiger partial charge in [0.05, 0.1) is 17.5 Å². The Labute approximate surface area is 172 Å². The molecule has 0 amide bonds. The Morgan fingerprint density at radius 2 is 2.07 bits per heavy atom. The highest BCUT2D eigenvalue weighted by molar-refractivity contribution is 6.08. The van der Waals surface area contributed by atoms with E-state index in [2.05, 4.69) is 53.0 Å². The van der Waals surface area contributed by atoms with E-state index < -0.39 is 5.41 Å². The SMILES string of the molecule is CC1(C)CCN(Cc2cccc(-c3cnc4[nH]cc(C(=O)C(C)(C)C)c4n3)c2)C1. The van der Waals surface area contributed by atoms with Crippen LogP contribution in [0.1, 0.15) is 57.0 Å². The first-order valence-electron chi connectivity index (χ1n) is 10.3. The van der Waals surface area contributed by atoms with Crippen LogP contribution in [-0.4, -0.2) is 38.7 Å². The van der Waals surface area contributed by atoms with E-state index in [4.69, 9.17) is 4.98 Å². The number of benzene rings is 1. The number of aromatic nitrogens is 3. The molecule has 29 heavy (non-hydrogen) atoms. The molecule has 0 saturated carbocycles. The van der Waals surface area contributed by atoms with Crippen molar-refractivity contribution in [2.45, 2.75) is 47.6 Å². The number of H-pyrrole nitrogens is 1. The van der Waals surface area contributed by atoms with Gasteiger partial charge in [0, 0.05) is 30.3 Å². The van der Waals surface area contributed by atoms with Crippen molar-refractivity contribution < 1.29 is 4.79 Å². The zero-order valence-electron chi connectivity index (χ0n) is 18.0. The van der Waals surface area contributed by atoms with Gasteiger partial charge in [0.15, 0.2) is 11.4 Å². The van der Waals surface area contributed by atoms with Crippen LogP contribution < -0.4 is 0 Å². The molecule has 2 aromatic heterocycles. The number of fused-ring (bicyclic) bond motifs is 1. The van der Waals surface area contributed by atoms with Gasteiger partial charge in [-0.2, -0.15) is 0 Å². The van der Waals surface area contributed by atoms with Crippen molar-refractivity contribution in [2.75, 3.05) is 13.1 Å². The molecule has 1 aliphatic rings. The first-order chi connectivity index (χ1) is 13.6. The van der Waals surface area contributed by atoms with Crippen molar-refractivity contribution in [2.24, 2.45) is 10.8 Å². The minimum Gasteiger partial charge on any atom is -0.344 e. The number of rotatable bonds is 4. The molecule has 5 heteroatoms. The summed E-state index contributed by atoms with van der Waals surface area (Å²) in [5, 5.41) is 0. The van der Waals surface area contributed by atoms with Crippen LogP contribution in [0.2, 0.25) is 0 Å². The Kier molecular flexibility index (Phi) is 4.82. The molecular formula is C24H30N4O. The van der Waals surface area contributed by atoms with Crippen LogP contribution >= 0.6 is 0 Å². The third kappa shape index (κ3) is 4.10. The van der Waals surface area contributed by atoms with E-state index in [-0.39, 0.29) is 5.78 Å². The van der Waals surface area contributed by atoms with Crippen molar-refractivity contribution in [1.29, 1.82) is 0 Å². The van der Waals surface area contributed by atoms with E-state index in [1.165, 1.54) is 12.0 Å². The maximum Gasteiger partial charge on any atom is 0.171 e. The van der Waals surface area contributed by atoms with Crippen LogP contribution in [0.3, 0.4) is 0 Å². The largest absolute Gasteiger partial charge is 0.344 e. The van der Waals surface area contributed by atoms with Gasteiger partial charge < -0.3 is 4.98 Å². The van der Waals surface area contributed by atoms with Crippen LogP contribution in [0, 0.1) is 10.8 Å². The molecule has 3 heterocycles. The van der Waals surface area contributed by atoms with Crippen LogP contribution in [-0.2, 0) is 6.54 Å². The van der Waals surface area contributed by atoms with Crippen molar-refractivity contribution in [3.63, 3.8) is 0 Å². The molecule has 4 rings (SSSR count). The molecule has 0 radical (unpaired) electrons. The zero-order valence-corrected chi connectivity index (χ0v) is 18.0. The monoisotopic (exact) mass is 390 g/mol. The number of likely N-dealkylation sites (tertiary alicyclic amines) is 1. The van der Waals surface area contributed by atoms with E-state index >= 15 is 0 Å². The molecule has 1 N–H and O–H groups in total. The van der Waals surface area contributed by atoms with Gasteiger partial charge in [0.1, 0.15) is 5.52 Å². The van der Waals surface area contributed by atoms with Crippen molar-refractivity contribution in [3.05, 3.63) is 47.8 Å². The minimum atomic E-state index is -0.462. The van der Waals surface area contributed by atoms with Gasteiger partial charge in [-0.3, -0.25) is 9.69 Å². The summed E-state index contributed by atoms with van der Waals surface area (Å²) in [6, 6.07) is 8.51. The summed E-state index contributed by atoms with van der Waals surface area (Å²) in [5.74, 6) is 0.0700. The highest BCUT2D eigenvalue weighted by atomic mass is 16.1. The van der Waals surface area contributed by atoms with Gasteiger partial charge in [-0.15, -0.1) is 0 Å². The van der Waals surface area contributed by atoms with E-state index in [9.17, 15) is 4.79 Å². The average Bonchev–Trinajstić information content (AvgIpc) is 3.22. The number of ketones is 1. The lowest BCUT2D eigenvalue weighted by molar-refractivity contribution is 0.0860. The molecule has 0 unspecified atom stereocenters. The second kappa shape index (κ2) is 7.06. The maximum atomic E-state index is 12.8. The van der Waals surface area contributed by atoms with Gasteiger partial charge >= 0.3 is 0 Å². The quantitative estimate of drug-likeness (QED) is 0.631. The molecule has 1 aromatic carbocycles. The van der Waals surface area contributed by atoms with E-state index in [1.807, 2.05) is 20.8 Å². The van der Waals surface area contributed by atoms with Crippen molar-refractivity contribution in [3.8, 4) is 11.3 Å². The number of nitrogens with one attached hydrogen (secondary N) is 1. The third-order valence-corrected chi connectivity index (χ3v) is 5.69. The molecule has 3 aromatic rings. The molecule has 0 spiro atoms. The number of hydrogen-bond donors (Lipinski definition) is 1. The molecule has 0 bridgehead atoms. The molecule has 0 atom stereocenters. The lowest BCUT2D eigenvalue weighted by Crippen LogP contribution is -2.22. The molecule has 5 nitrogen and oxygen atoms in total. The summed E-state index contributed by atoms with van der Waals surface area (Å²) in [6.07, 6.45) is 4.75. The topological polar surface area (TPSA) is 61.9 Å². The summed E-state index contributed by atoms with van der Waals surface area (Å²) < 4.78 is 0. The Balaban J connectivity index is 1.64. The number of carbonyl (C=O) groups excluding carboxylic acids is 1. The predicted octanol–water partition coefficient (Wildman–Crippen LogP) is 5.09. The number of hydrogen-bond acceptors (Lipinski definition) is 4. The van der Waals surface area contributed by atoms with Crippen molar-refractivity contribution in [1.82, 2.24) is 19.9 Å². The Hall–Kier alpha value is -2.53. The predicted molar refractivity (Wildman–Crippen MR) is 117 cm³/mol. The van der Waals surface area contributed by atoms with E-state index in [0.29, 0.717) is 22.1 Å².